The van der Waals surface area contributed by atoms with Crippen LogP contribution in [0.2, 0.25) is 0 Å². The molecule has 0 N–H and O–H groups in total. The highest BCUT2D eigenvalue weighted by atomic mass is 79.9. The predicted molar refractivity (Wildman–Crippen MR) is 93.7 cm³/mol. The van der Waals surface area contributed by atoms with Gasteiger partial charge in [-0.15, -0.1) is 0 Å². The first-order chi connectivity index (χ1) is 11.4. The number of ketones is 1. The Hall–Kier alpha value is -1.73. The molecule has 5 nitrogen and oxygen atoms in total. The Labute approximate surface area is 150 Å². The smallest absolute Gasteiger partial charge is 0.314 e. The lowest BCUT2D eigenvalue weighted by Gasteiger charge is -2.07. The van der Waals surface area contributed by atoms with Crippen LogP contribution < -0.4 is 0 Å². The van der Waals surface area contributed by atoms with Gasteiger partial charge in [0.2, 0.25) is 5.78 Å². The third-order valence-corrected chi connectivity index (χ3v) is 5.77. The van der Waals surface area contributed by atoms with Gasteiger partial charge in [0.1, 0.15) is 5.69 Å². The molecular weight excluding hydrogens is 394 g/mol. The van der Waals surface area contributed by atoms with Gasteiger partial charge in [-0.3, -0.25) is 13.8 Å². The average molecular weight is 410 g/mol. The molecule has 126 valence electrons. The number of carbonyl (C=O) groups is 2. The van der Waals surface area contributed by atoms with Gasteiger partial charge in [-0.25, -0.2) is 0 Å². The molecule has 2 heterocycles. The first-order valence-electron chi connectivity index (χ1n) is 7.39. The molecule has 2 aromatic rings. The molecule has 0 amide bonds. The van der Waals surface area contributed by atoms with E-state index in [1.807, 2.05) is 10.6 Å². The number of ether oxygens (including phenoxy) is 1. The van der Waals surface area contributed by atoms with Crippen molar-refractivity contribution in [1.82, 2.24) is 4.57 Å². The molecule has 0 fully saturated rings. The summed E-state index contributed by atoms with van der Waals surface area (Å²) in [6.45, 7) is 0.596. The fourth-order valence-electron chi connectivity index (χ4n) is 3.02. The number of aromatic nitrogens is 1. The summed E-state index contributed by atoms with van der Waals surface area (Å²) in [5.74, 6) is -0.752. The number of rotatable bonds is 4. The second kappa shape index (κ2) is 6.64. The number of carbonyl (C=O) groups excluding carboxylic acids is 2. The molecule has 1 aromatic carbocycles. The fourth-order valence-corrected chi connectivity index (χ4v) is 4.16. The number of fused-ring (bicyclic) bond motifs is 1. The molecule has 2 atom stereocenters. The van der Waals surface area contributed by atoms with Crippen LogP contribution in [0.4, 0.5) is 0 Å². The van der Waals surface area contributed by atoms with Gasteiger partial charge in [-0.2, -0.15) is 0 Å². The summed E-state index contributed by atoms with van der Waals surface area (Å²) in [5, 5.41) is 0. The first kappa shape index (κ1) is 17.1. The topological polar surface area (TPSA) is 65.4 Å². The molecule has 0 aliphatic carbocycles. The second-order valence-electron chi connectivity index (χ2n) is 5.59. The van der Waals surface area contributed by atoms with Gasteiger partial charge >= 0.3 is 5.97 Å². The van der Waals surface area contributed by atoms with Crippen LogP contribution >= 0.6 is 15.9 Å². The molecule has 0 saturated carbocycles. The Morgan fingerprint density at radius 1 is 1.29 bits per heavy atom. The van der Waals surface area contributed by atoms with Gasteiger partial charge in [-0.1, -0.05) is 0 Å². The molecule has 2 unspecified atom stereocenters. The minimum absolute atomic E-state index is 0.132. The quantitative estimate of drug-likeness (QED) is 0.575. The van der Waals surface area contributed by atoms with Gasteiger partial charge in [0, 0.05) is 44.2 Å². The van der Waals surface area contributed by atoms with Gasteiger partial charge in [0.05, 0.1) is 13.0 Å². The Balaban J connectivity index is 1.97. The normalized spacial score (nSPS) is 17.4. The van der Waals surface area contributed by atoms with E-state index < -0.39 is 10.8 Å². The van der Waals surface area contributed by atoms with Gasteiger partial charge < -0.3 is 9.30 Å². The molecular formula is C17H16BrNO4S. The van der Waals surface area contributed by atoms with Crippen molar-refractivity contribution in [3.8, 4) is 0 Å². The maximum atomic E-state index is 12.9. The maximum Gasteiger partial charge on any atom is 0.314 e. The van der Waals surface area contributed by atoms with Gasteiger partial charge in [0.15, 0.2) is 0 Å². The molecule has 1 aromatic heterocycles. The number of halogens is 1. The predicted octanol–water partition coefficient (Wildman–Crippen LogP) is 2.88. The number of esters is 1. The average Bonchev–Trinajstić information content (AvgIpc) is 3.11. The van der Waals surface area contributed by atoms with Crippen molar-refractivity contribution < 1.29 is 18.5 Å². The number of hydrogen-bond donors (Lipinski definition) is 0. The number of methoxy groups -OCH3 is 1. The summed E-state index contributed by atoms with van der Waals surface area (Å²) in [4.78, 5) is 25.4. The molecule has 1 aliphatic rings. The zero-order valence-electron chi connectivity index (χ0n) is 13.2. The summed E-state index contributed by atoms with van der Waals surface area (Å²) >= 11 is 3.43. The highest BCUT2D eigenvalue weighted by Gasteiger charge is 2.34. The van der Waals surface area contributed by atoms with E-state index >= 15 is 0 Å². The van der Waals surface area contributed by atoms with E-state index in [9.17, 15) is 13.8 Å². The zero-order valence-corrected chi connectivity index (χ0v) is 15.6. The summed E-state index contributed by atoms with van der Waals surface area (Å²) < 4.78 is 18.8. The van der Waals surface area contributed by atoms with Crippen LogP contribution in [-0.4, -0.2) is 33.9 Å². The fraction of sp³-hybridized carbons (Fsp3) is 0.294. The summed E-state index contributed by atoms with van der Waals surface area (Å²) in [6, 6.07) is 8.57. The van der Waals surface area contributed by atoms with Crippen LogP contribution in [0.3, 0.4) is 0 Å². The lowest BCUT2D eigenvalue weighted by Crippen LogP contribution is -2.12. The standard InChI is InChI=1S/C17H16BrNO4S/c1-23-17(21)12-7-8-19-14(12)9-13(18)15(19)16(20)10-3-5-11(6-4-10)24(2)22/h3-6,9,12H,7-8H2,1-2H3. The minimum atomic E-state index is -1.08. The molecule has 0 bridgehead atoms. The monoisotopic (exact) mass is 409 g/mol. The van der Waals surface area contributed by atoms with E-state index in [1.165, 1.54) is 7.11 Å². The number of nitrogens with zero attached hydrogens (tertiary/aromatic N) is 1. The van der Waals surface area contributed by atoms with E-state index in [0.717, 1.165) is 5.69 Å². The summed E-state index contributed by atoms with van der Waals surface area (Å²) in [6.07, 6.45) is 2.23. The van der Waals surface area contributed by atoms with E-state index in [4.69, 9.17) is 4.74 Å². The zero-order chi connectivity index (χ0) is 17.4. The lowest BCUT2D eigenvalue weighted by molar-refractivity contribution is -0.142. The van der Waals surface area contributed by atoms with E-state index in [0.29, 0.717) is 33.6 Å². The summed E-state index contributed by atoms with van der Waals surface area (Å²) in [7, 11) is 0.290. The Morgan fingerprint density at radius 2 is 1.96 bits per heavy atom. The minimum Gasteiger partial charge on any atom is -0.469 e. The van der Waals surface area contributed by atoms with Crippen LogP contribution in [0.1, 0.15) is 34.1 Å². The van der Waals surface area contributed by atoms with Crippen LogP contribution in [0.5, 0.6) is 0 Å². The Bertz CT molecular complexity index is 841. The van der Waals surface area contributed by atoms with Crippen molar-refractivity contribution in [1.29, 1.82) is 0 Å². The van der Waals surface area contributed by atoms with Gasteiger partial charge in [0.25, 0.3) is 0 Å². The first-order valence-corrected chi connectivity index (χ1v) is 9.74. The number of hydrogen-bond acceptors (Lipinski definition) is 4. The van der Waals surface area contributed by atoms with Crippen molar-refractivity contribution >= 4 is 38.5 Å². The van der Waals surface area contributed by atoms with Crippen molar-refractivity contribution in [3.05, 3.63) is 51.8 Å². The largest absolute Gasteiger partial charge is 0.469 e. The van der Waals surface area contributed by atoms with E-state index in [-0.39, 0.29) is 17.7 Å². The van der Waals surface area contributed by atoms with Crippen molar-refractivity contribution in [2.45, 2.75) is 23.8 Å². The SMILES string of the molecule is COC(=O)C1CCn2c1cc(Br)c2C(=O)c1ccc(S(C)=O)cc1. The Kier molecular flexibility index (Phi) is 4.73. The molecule has 1 aliphatic heterocycles. The van der Waals surface area contributed by atoms with Crippen LogP contribution in [-0.2, 0) is 26.9 Å². The van der Waals surface area contributed by atoms with Crippen molar-refractivity contribution in [3.63, 3.8) is 0 Å². The molecule has 3 rings (SSSR count). The van der Waals surface area contributed by atoms with Crippen molar-refractivity contribution in [2.24, 2.45) is 0 Å². The van der Waals surface area contributed by atoms with Crippen molar-refractivity contribution in [2.75, 3.05) is 13.4 Å². The maximum absolute atomic E-state index is 12.9. The number of benzene rings is 1. The van der Waals surface area contributed by atoms with Crippen LogP contribution in [0.25, 0.3) is 0 Å². The third kappa shape index (κ3) is 2.86. The highest BCUT2D eigenvalue weighted by molar-refractivity contribution is 9.10. The van der Waals surface area contributed by atoms with E-state index in [2.05, 4.69) is 15.9 Å². The third-order valence-electron chi connectivity index (χ3n) is 4.23. The summed E-state index contributed by atoms with van der Waals surface area (Å²) in [5.41, 5.74) is 1.84. The molecule has 0 saturated heterocycles. The van der Waals surface area contributed by atoms with Crippen LogP contribution in [0.15, 0.2) is 39.7 Å². The molecule has 24 heavy (non-hydrogen) atoms. The Morgan fingerprint density at radius 3 is 2.54 bits per heavy atom. The second-order valence-corrected chi connectivity index (χ2v) is 7.82. The van der Waals surface area contributed by atoms with Gasteiger partial charge in [-0.05, 0) is 52.7 Å². The molecule has 7 heteroatoms. The highest BCUT2D eigenvalue weighted by Crippen LogP contribution is 2.36. The lowest BCUT2D eigenvalue weighted by atomic mass is 10.1. The molecule has 0 spiro atoms. The van der Waals surface area contributed by atoms with E-state index in [1.54, 1.807) is 30.5 Å². The molecule has 0 radical (unpaired) electrons. The van der Waals surface area contributed by atoms with Crippen LogP contribution in [0, 0.1) is 0 Å².